The van der Waals surface area contributed by atoms with Crippen LogP contribution in [0.1, 0.15) is 18.2 Å². The maximum atomic E-state index is 12.5. The molecule has 8 nitrogen and oxygen atoms in total. The summed E-state index contributed by atoms with van der Waals surface area (Å²) in [7, 11) is 2.52. The predicted octanol–water partition coefficient (Wildman–Crippen LogP) is 2.45. The Morgan fingerprint density at radius 2 is 2.19 bits per heavy atom. The zero-order chi connectivity index (χ0) is 19.6. The van der Waals surface area contributed by atoms with Gasteiger partial charge in [0.2, 0.25) is 5.88 Å². The van der Waals surface area contributed by atoms with Gasteiger partial charge >= 0.3 is 12.6 Å². The molecule has 0 aromatic carbocycles. The zero-order valence-electron chi connectivity index (χ0n) is 13.8. The van der Waals surface area contributed by atoms with Crippen molar-refractivity contribution in [3.8, 4) is 17.8 Å². The molecule has 12 heteroatoms. The summed E-state index contributed by atoms with van der Waals surface area (Å²) >= 11 is 12.3. The van der Waals surface area contributed by atoms with E-state index in [0.717, 1.165) is 9.36 Å². The monoisotopic (exact) mass is 407 g/mol. The number of carbonyl (C=O) groups is 1. The summed E-state index contributed by atoms with van der Waals surface area (Å²) < 4.78 is 36.2. The lowest BCUT2D eigenvalue weighted by atomic mass is 10.0. The Labute approximate surface area is 156 Å². The molecular weight excluding hydrogens is 395 g/mol. The molecular formula is C14H13Cl2F2N5O3. The Bertz CT molecular complexity index is 873. The number of rotatable bonds is 6. The van der Waals surface area contributed by atoms with Gasteiger partial charge in [-0.15, -0.1) is 16.7 Å². The van der Waals surface area contributed by atoms with Gasteiger partial charge in [-0.2, -0.15) is 19.1 Å². The average Bonchev–Trinajstić information content (AvgIpc) is 3.08. The number of hydrogen-bond acceptors (Lipinski definition) is 6. The van der Waals surface area contributed by atoms with E-state index >= 15 is 0 Å². The molecule has 1 atom stereocenters. The smallest absolute Gasteiger partial charge is 0.388 e. The number of nitriles is 1. The third-order valence-corrected chi connectivity index (χ3v) is 4.04. The minimum absolute atomic E-state index is 0.0568. The molecule has 0 N–H and O–H groups in total. The highest BCUT2D eigenvalue weighted by Gasteiger charge is 2.35. The molecule has 0 spiro atoms. The highest BCUT2D eigenvalue weighted by molar-refractivity contribution is 6.34. The van der Waals surface area contributed by atoms with E-state index in [1.54, 1.807) is 0 Å². The number of alkyl halides is 3. The molecule has 2 aromatic rings. The van der Waals surface area contributed by atoms with Gasteiger partial charge in [0.15, 0.2) is 5.82 Å². The Kier molecular flexibility index (Phi) is 5.73. The third kappa shape index (κ3) is 3.73. The first-order valence-corrected chi connectivity index (χ1v) is 7.80. The maximum Gasteiger partial charge on any atom is 0.388 e. The quantitative estimate of drug-likeness (QED) is 0.538. The van der Waals surface area contributed by atoms with Crippen LogP contribution in [0.2, 0.25) is 5.02 Å². The van der Waals surface area contributed by atoms with E-state index in [9.17, 15) is 18.8 Å². The van der Waals surface area contributed by atoms with Crippen molar-refractivity contribution >= 4 is 29.2 Å². The fraction of sp³-hybridized carbons (Fsp3) is 0.429. The molecule has 2 aromatic heterocycles. The number of halogens is 4. The minimum atomic E-state index is -3.10. The summed E-state index contributed by atoms with van der Waals surface area (Å²) in [4.78, 5) is 10.3. The van der Waals surface area contributed by atoms with Crippen molar-refractivity contribution in [2.45, 2.75) is 24.8 Å². The van der Waals surface area contributed by atoms with Crippen molar-refractivity contribution < 1.29 is 23.0 Å². The van der Waals surface area contributed by atoms with Crippen molar-refractivity contribution in [1.29, 1.82) is 5.26 Å². The SMILES string of the molecule is COC(=O)C(C)(Cl)Cc1c(C#N)cnn1-c1nn(C)c(OC(F)F)c1Cl. The van der Waals surface area contributed by atoms with E-state index in [-0.39, 0.29) is 34.4 Å². The first kappa shape index (κ1) is 19.9. The normalized spacial score (nSPS) is 13.3. The van der Waals surface area contributed by atoms with Crippen LogP contribution in [0.4, 0.5) is 8.78 Å². The van der Waals surface area contributed by atoms with E-state index in [2.05, 4.69) is 19.7 Å². The van der Waals surface area contributed by atoms with E-state index in [0.29, 0.717) is 0 Å². The van der Waals surface area contributed by atoms with Crippen LogP contribution in [0, 0.1) is 11.3 Å². The number of aryl methyl sites for hydroxylation is 1. The van der Waals surface area contributed by atoms with Gasteiger partial charge in [-0.05, 0) is 6.92 Å². The van der Waals surface area contributed by atoms with Gasteiger partial charge in [0.25, 0.3) is 0 Å². The molecule has 140 valence electrons. The molecule has 26 heavy (non-hydrogen) atoms. The summed E-state index contributed by atoms with van der Waals surface area (Å²) in [5.74, 6) is -1.15. The standard InChI is InChI=1S/C14H13Cl2F2N5O3/c1-14(16,12(24)25-3)4-8-7(5-19)6-20-23(8)10-9(15)11(22(2)21-10)26-13(17)18/h6,13H,4H2,1-3H3. The highest BCUT2D eigenvalue weighted by Crippen LogP contribution is 2.33. The fourth-order valence-electron chi connectivity index (χ4n) is 2.24. The van der Waals surface area contributed by atoms with E-state index in [4.69, 9.17) is 23.2 Å². The van der Waals surface area contributed by atoms with Crippen LogP contribution in [-0.4, -0.2) is 44.1 Å². The molecule has 0 saturated carbocycles. The molecule has 0 bridgehead atoms. The van der Waals surface area contributed by atoms with Gasteiger partial charge in [-0.25, -0.2) is 9.36 Å². The van der Waals surface area contributed by atoms with Crippen molar-refractivity contribution in [3.05, 3.63) is 22.5 Å². The highest BCUT2D eigenvalue weighted by atomic mass is 35.5. The summed E-state index contributed by atoms with van der Waals surface area (Å²) in [5, 5.41) is 17.0. The lowest BCUT2D eigenvalue weighted by Gasteiger charge is -2.19. The van der Waals surface area contributed by atoms with Crippen molar-refractivity contribution in [2.75, 3.05) is 7.11 Å². The Balaban J connectivity index is 2.55. The van der Waals surface area contributed by atoms with Crippen LogP contribution >= 0.6 is 23.2 Å². The second-order valence-corrected chi connectivity index (χ2v) is 6.55. The van der Waals surface area contributed by atoms with E-state index in [1.807, 2.05) is 6.07 Å². The summed E-state index contributed by atoms with van der Waals surface area (Å²) in [5.41, 5.74) is 0.317. The second kappa shape index (κ2) is 7.47. The molecule has 0 amide bonds. The number of esters is 1. The first-order valence-electron chi connectivity index (χ1n) is 7.04. The van der Waals surface area contributed by atoms with Crippen molar-refractivity contribution in [3.63, 3.8) is 0 Å². The number of ether oxygens (including phenoxy) is 2. The molecule has 0 aliphatic heterocycles. The number of hydrogen-bond donors (Lipinski definition) is 0. The van der Waals surface area contributed by atoms with Gasteiger partial charge in [-0.1, -0.05) is 11.6 Å². The Hall–Kier alpha value is -2.38. The van der Waals surface area contributed by atoms with Crippen molar-refractivity contribution in [1.82, 2.24) is 19.6 Å². The molecule has 0 fully saturated rings. The lowest BCUT2D eigenvalue weighted by Crippen LogP contribution is -2.33. The number of methoxy groups -OCH3 is 1. The van der Waals surface area contributed by atoms with Crippen LogP contribution in [0.3, 0.4) is 0 Å². The summed E-state index contributed by atoms with van der Waals surface area (Å²) in [6, 6.07) is 1.92. The number of aromatic nitrogens is 4. The predicted molar refractivity (Wildman–Crippen MR) is 86.7 cm³/mol. The van der Waals surface area contributed by atoms with Gasteiger partial charge in [-0.3, -0.25) is 4.79 Å². The zero-order valence-corrected chi connectivity index (χ0v) is 15.3. The van der Waals surface area contributed by atoms with Gasteiger partial charge in [0, 0.05) is 13.5 Å². The number of nitrogens with zero attached hydrogens (tertiary/aromatic N) is 5. The van der Waals surface area contributed by atoms with Gasteiger partial charge in [0.1, 0.15) is 16.0 Å². The average molecular weight is 408 g/mol. The molecule has 1 unspecified atom stereocenters. The van der Waals surface area contributed by atoms with Gasteiger partial charge < -0.3 is 9.47 Å². The number of carbonyl (C=O) groups excluding carboxylic acids is 1. The third-order valence-electron chi connectivity index (χ3n) is 3.42. The van der Waals surface area contributed by atoms with E-state index < -0.39 is 17.5 Å². The van der Waals surface area contributed by atoms with Crippen LogP contribution in [0.5, 0.6) is 5.88 Å². The van der Waals surface area contributed by atoms with Gasteiger partial charge in [0.05, 0.1) is 24.6 Å². The summed E-state index contributed by atoms with van der Waals surface area (Å²) in [6.45, 7) is -1.70. The molecule has 0 aliphatic rings. The second-order valence-electron chi connectivity index (χ2n) is 5.34. The van der Waals surface area contributed by atoms with Crippen molar-refractivity contribution in [2.24, 2.45) is 7.05 Å². The van der Waals surface area contributed by atoms with Crippen LogP contribution < -0.4 is 4.74 Å². The van der Waals surface area contributed by atoms with Crippen LogP contribution in [0.15, 0.2) is 6.20 Å². The summed E-state index contributed by atoms with van der Waals surface area (Å²) in [6.07, 6.45) is 1.07. The Morgan fingerprint density at radius 1 is 1.54 bits per heavy atom. The topological polar surface area (TPSA) is 95.0 Å². The minimum Gasteiger partial charge on any atom is -0.468 e. The largest absolute Gasteiger partial charge is 0.468 e. The molecule has 2 heterocycles. The molecule has 0 saturated heterocycles. The molecule has 0 aliphatic carbocycles. The van der Waals surface area contributed by atoms with Crippen LogP contribution in [-0.2, 0) is 23.0 Å². The molecule has 0 radical (unpaired) electrons. The Morgan fingerprint density at radius 3 is 2.73 bits per heavy atom. The lowest BCUT2D eigenvalue weighted by molar-refractivity contribution is -0.143. The fourth-order valence-corrected chi connectivity index (χ4v) is 2.72. The first-order chi connectivity index (χ1) is 12.1. The van der Waals surface area contributed by atoms with E-state index in [1.165, 1.54) is 27.3 Å². The van der Waals surface area contributed by atoms with Crippen LogP contribution in [0.25, 0.3) is 5.82 Å². The molecule has 2 rings (SSSR count). The maximum absolute atomic E-state index is 12.5.